The summed E-state index contributed by atoms with van der Waals surface area (Å²) in [5.41, 5.74) is 0.881. The second-order valence-electron chi connectivity index (χ2n) is 3.97. The maximum absolute atomic E-state index is 12.2. The van der Waals surface area contributed by atoms with Gasteiger partial charge in [0.1, 0.15) is 0 Å². The molecule has 0 aliphatic rings. The Labute approximate surface area is 138 Å². The first kappa shape index (κ1) is 15.5. The van der Waals surface area contributed by atoms with E-state index in [9.17, 15) is 4.79 Å². The predicted molar refractivity (Wildman–Crippen MR) is 89.2 cm³/mol. The standard InChI is InChI=1S/C14H13Br2NO2S/c1-2-19-14(18)12(11-8-10(15)13(16)20-11)17-9-6-4-3-5-7-9/h3-8,12,17H,2H2,1H3. The molecule has 0 aliphatic heterocycles. The number of halogens is 2. The Morgan fingerprint density at radius 3 is 2.60 bits per heavy atom. The third kappa shape index (κ3) is 3.84. The summed E-state index contributed by atoms with van der Waals surface area (Å²) in [5.74, 6) is -0.280. The summed E-state index contributed by atoms with van der Waals surface area (Å²) in [6.07, 6.45) is 0. The number of carbonyl (C=O) groups excluding carboxylic acids is 1. The Balaban J connectivity index is 2.27. The molecule has 0 spiro atoms. The zero-order chi connectivity index (χ0) is 14.5. The fourth-order valence-corrected chi connectivity index (χ4v) is 3.81. The first-order chi connectivity index (χ1) is 9.61. The van der Waals surface area contributed by atoms with Crippen molar-refractivity contribution < 1.29 is 9.53 Å². The van der Waals surface area contributed by atoms with Crippen molar-refractivity contribution in [3.63, 3.8) is 0 Å². The summed E-state index contributed by atoms with van der Waals surface area (Å²) < 4.78 is 7.04. The van der Waals surface area contributed by atoms with Crippen molar-refractivity contribution in [1.29, 1.82) is 0 Å². The highest BCUT2D eigenvalue weighted by Gasteiger charge is 2.24. The van der Waals surface area contributed by atoms with Crippen molar-refractivity contribution in [3.8, 4) is 0 Å². The SMILES string of the molecule is CCOC(=O)C(Nc1ccccc1)c1cc(Br)c(Br)s1. The second-order valence-corrected chi connectivity index (χ2v) is 7.22. The molecule has 1 unspecified atom stereocenters. The van der Waals surface area contributed by atoms with E-state index >= 15 is 0 Å². The van der Waals surface area contributed by atoms with E-state index in [4.69, 9.17) is 4.74 Å². The van der Waals surface area contributed by atoms with Crippen LogP contribution in [0.15, 0.2) is 44.7 Å². The van der Waals surface area contributed by atoms with Crippen molar-refractivity contribution in [2.45, 2.75) is 13.0 Å². The van der Waals surface area contributed by atoms with Gasteiger partial charge in [-0.1, -0.05) is 18.2 Å². The summed E-state index contributed by atoms with van der Waals surface area (Å²) in [6.45, 7) is 2.16. The van der Waals surface area contributed by atoms with Crippen LogP contribution in [0.3, 0.4) is 0 Å². The number of hydrogen-bond acceptors (Lipinski definition) is 4. The Bertz CT molecular complexity index is 567. The van der Waals surface area contributed by atoms with Gasteiger partial charge >= 0.3 is 5.97 Å². The first-order valence-corrected chi connectivity index (χ1v) is 8.45. The van der Waals surface area contributed by atoms with Crippen LogP contribution >= 0.6 is 43.2 Å². The summed E-state index contributed by atoms with van der Waals surface area (Å²) in [6, 6.07) is 11.0. The second kappa shape index (κ2) is 7.24. The molecule has 0 aliphatic carbocycles. The molecule has 20 heavy (non-hydrogen) atoms. The van der Waals surface area contributed by atoms with Crippen LogP contribution in [0.1, 0.15) is 17.8 Å². The van der Waals surface area contributed by atoms with E-state index in [-0.39, 0.29) is 5.97 Å². The number of hydrogen-bond donors (Lipinski definition) is 1. The monoisotopic (exact) mass is 417 g/mol. The van der Waals surface area contributed by atoms with E-state index < -0.39 is 6.04 Å². The molecular weight excluding hydrogens is 406 g/mol. The molecule has 1 atom stereocenters. The van der Waals surface area contributed by atoms with Gasteiger partial charge in [-0.2, -0.15) is 0 Å². The van der Waals surface area contributed by atoms with Crippen LogP contribution in [0.5, 0.6) is 0 Å². The number of anilines is 1. The highest BCUT2D eigenvalue weighted by Crippen LogP contribution is 2.37. The highest BCUT2D eigenvalue weighted by atomic mass is 79.9. The molecule has 0 bridgehead atoms. The zero-order valence-corrected chi connectivity index (χ0v) is 14.7. The molecule has 1 aromatic carbocycles. The van der Waals surface area contributed by atoms with Gasteiger partial charge in [-0.15, -0.1) is 11.3 Å². The van der Waals surface area contributed by atoms with E-state index in [1.54, 1.807) is 6.92 Å². The lowest BCUT2D eigenvalue weighted by atomic mass is 10.2. The smallest absolute Gasteiger partial charge is 0.334 e. The van der Waals surface area contributed by atoms with Crippen molar-refractivity contribution >= 4 is 54.9 Å². The number of esters is 1. The van der Waals surface area contributed by atoms with Gasteiger partial charge in [0.15, 0.2) is 6.04 Å². The van der Waals surface area contributed by atoms with Crippen LogP contribution in [-0.2, 0) is 9.53 Å². The van der Waals surface area contributed by atoms with Gasteiger partial charge in [-0.05, 0) is 57.0 Å². The van der Waals surface area contributed by atoms with Gasteiger partial charge in [-0.25, -0.2) is 4.79 Å². The van der Waals surface area contributed by atoms with Gasteiger partial charge in [-0.3, -0.25) is 0 Å². The van der Waals surface area contributed by atoms with E-state index in [0.29, 0.717) is 6.61 Å². The lowest BCUT2D eigenvalue weighted by Crippen LogP contribution is -2.22. The maximum Gasteiger partial charge on any atom is 0.334 e. The highest BCUT2D eigenvalue weighted by molar-refractivity contribution is 9.13. The quantitative estimate of drug-likeness (QED) is 0.695. The zero-order valence-electron chi connectivity index (χ0n) is 10.7. The third-order valence-corrected chi connectivity index (χ3v) is 5.88. The van der Waals surface area contributed by atoms with Gasteiger partial charge in [0.25, 0.3) is 0 Å². The van der Waals surface area contributed by atoms with E-state index in [1.165, 1.54) is 11.3 Å². The van der Waals surface area contributed by atoms with E-state index in [2.05, 4.69) is 37.2 Å². The van der Waals surface area contributed by atoms with E-state index in [1.807, 2.05) is 36.4 Å². The van der Waals surface area contributed by atoms with Crippen molar-refractivity contribution in [1.82, 2.24) is 0 Å². The lowest BCUT2D eigenvalue weighted by Gasteiger charge is -2.17. The largest absolute Gasteiger partial charge is 0.464 e. The summed E-state index contributed by atoms with van der Waals surface area (Å²) in [5, 5.41) is 3.21. The molecular formula is C14H13Br2NO2S. The molecule has 3 nitrogen and oxygen atoms in total. The number of ether oxygens (including phenoxy) is 1. The number of thiophene rings is 1. The molecule has 2 aromatic rings. The van der Waals surface area contributed by atoms with Crippen LogP contribution < -0.4 is 5.32 Å². The van der Waals surface area contributed by atoms with Gasteiger partial charge in [0, 0.05) is 15.0 Å². The third-order valence-electron chi connectivity index (χ3n) is 2.56. The molecule has 0 saturated carbocycles. The minimum atomic E-state index is -0.509. The lowest BCUT2D eigenvalue weighted by molar-refractivity contribution is -0.144. The molecule has 6 heteroatoms. The minimum Gasteiger partial charge on any atom is -0.464 e. The molecule has 1 heterocycles. The van der Waals surface area contributed by atoms with Gasteiger partial charge < -0.3 is 10.1 Å². The minimum absolute atomic E-state index is 0.280. The first-order valence-electron chi connectivity index (χ1n) is 6.04. The summed E-state index contributed by atoms with van der Waals surface area (Å²) >= 11 is 8.39. The van der Waals surface area contributed by atoms with Crippen molar-refractivity contribution in [3.05, 3.63) is 49.5 Å². The number of nitrogens with one attached hydrogen (secondary N) is 1. The topological polar surface area (TPSA) is 38.3 Å². The Morgan fingerprint density at radius 2 is 2.05 bits per heavy atom. The van der Waals surface area contributed by atoms with Crippen molar-refractivity contribution in [2.24, 2.45) is 0 Å². The van der Waals surface area contributed by atoms with Crippen LogP contribution in [0.2, 0.25) is 0 Å². The predicted octanol–water partition coefficient (Wildman–Crippen LogP) is 4.99. The number of rotatable bonds is 5. The molecule has 0 amide bonds. The number of para-hydroxylation sites is 1. The molecule has 106 valence electrons. The van der Waals surface area contributed by atoms with Gasteiger partial charge in [0.2, 0.25) is 0 Å². The molecule has 1 N–H and O–H groups in total. The van der Waals surface area contributed by atoms with E-state index in [0.717, 1.165) is 18.8 Å². The Kier molecular flexibility index (Phi) is 5.63. The Hall–Kier alpha value is -0.850. The van der Waals surface area contributed by atoms with Crippen LogP contribution in [-0.4, -0.2) is 12.6 Å². The normalized spacial score (nSPS) is 11.9. The fourth-order valence-electron chi connectivity index (χ4n) is 1.68. The average molecular weight is 419 g/mol. The molecule has 0 saturated heterocycles. The van der Waals surface area contributed by atoms with Gasteiger partial charge in [0.05, 0.1) is 10.4 Å². The summed E-state index contributed by atoms with van der Waals surface area (Å²) in [4.78, 5) is 13.1. The molecule has 0 radical (unpaired) electrons. The Morgan fingerprint density at radius 1 is 1.35 bits per heavy atom. The van der Waals surface area contributed by atoms with Crippen LogP contribution in [0, 0.1) is 0 Å². The van der Waals surface area contributed by atoms with Crippen molar-refractivity contribution in [2.75, 3.05) is 11.9 Å². The van der Waals surface area contributed by atoms with Crippen LogP contribution in [0.25, 0.3) is 0 Å². The molecule has 0 fully saturated rings. The maximum atomic E-state index is 12.2. The summed E-state index contributed by atoms with van der Waals surface area (Å²) in [7, 11) is 0. The molecule has 1 aromatic heterocycles. The fraction of sp³-hybridized carbons (Fsp3) is 0.214. The number of carbonyl (C=O) groups is 1. The average Bonchev–Trinajstić information content (AvgIpc) is 2.77. The van der Waals surface area contributed by atoms with Crippen LogP contribution in [0.4, 0.5) is 5.69 Å². The molecule has 2 rings (SSSR count). The number of benzene rings is 1.